The number of methoxy groups -OCH3 is 1. The van der Waals surface area contributed by atoms with E-state index in [1.54, 1.807) is 16.7 Å². The maximum absolute atomic E-state index is 12.8. The van der Waals surface area contributed by atoms with Gasteiger partial charge in [-0.3, -0.25) is 9.59 Å². The van der Waals surface area contributed by atoms with Gasteiger partial charge in [0, 0.05) is 0 Å². The number of aryl methyl sites for hydroxylation is 2. The predicted molar refractivity (Wildman–Crippen MR) is 108 cm³/mol. The van der Waals surface area contributed by atoms with E-state index in [2.05, 4.69) is 4.99 Å². The Kier molecular flexibility index (Phi) is 5.10. The van der Waals surface area contributed by atoms with Gasteiger partial charge in [0.1, 0.15) is 13.2 Å². The van der Waals surface area contributed by atoms with E-state index in [1.807, 2.05) is 38.1 Å². The van der Waals surface area contributed by atoms with Gasteiger partial charge in [0.05, 0.1) is 17.3 Å². The van der Waals surface area contributed by atoms with Crippen LogP contribution < -0.4 is 14.3 Å². The molecular weight excluding hydrogens is 392 g/mol. The number of para-hydroxylation sites is 2. The number of hydrogen-bond donors (Lipinski definition) is 0. The van der Waals surface area contributed by atoms with Crippen molar-refractivity contribution in [1.82, 2.24) is 4.57 Å². The van der Waals surface area contributed by atoms with E-state index in [9.17, 15) is 9.59 Å². The van der Waals surface area contributed by atoms with Crippen LogP contribution in [0.2, 0.25) is 0 Å². The molecule has 1 unspecified atom stereocenters. The van der Waals surface area contributed by atoms with Gasteiger partial charge in [-0.05, 0) is 43.2 Å². The minimum Gasteiger partial charge on any atom is -0.485 e. The second-order valence-electron chi connectivity index (χ2n) is 6.79. The number of ether oxygens (including phenoxy) is 3. The molecule has 8 heteroatoms. The molecule has 2 heterocycles. The first kappa shape index (κ1) is 19.2. The third-order valence-electron chi connectivity index (χ3n) is 4.62. The maximum atomic E-state index is 12.8. The summed E-state index contributed by atoms with van der Waals surface area (Å²) in [6.07, 6.45) is -0.843. The Labute approximate surface area is 171 Å². The fourth-order valence-corrected chi connectivity index (χ4v) is 4.54. The zero-order valence-corrected chi connectivity index (χ0v) is 17.1. The van der Waals surface area contributed by atoms with Gasteiger partial charge in [0.15, 0.2) is 16.3 Å². The van der Waals surface area contributed by atoms with E-state index in [-0.39, 0.29) is 13.2 Å². The third kappa shape index (κ3) is 3.75. The number of carbonyl (C=O) groups is 2. The van der Waals surface area contributed by atoms with Crippen LogP contribution in [-0.4, -0.2) is 36.3 Å². The molecule has 3 aromatic rings. The summed E-state index contributed by atoms with van der Waals surface area (Å²) in [6.45, 7) is 4.02. The van der Waals surface area contributed by atoms with Crippen LogP contribution in [0.5, 0.6) is 11.5 Å². The molecule has 0 spiro atoms. The first-order chi connectivity index (χ1) is 14.0. The number of carbonyl (C=O) groups excluding carboxylic acids is 2. The summed E-state index contributed by atoms with van der Waals surface area (Å²) in [5, 5.41) is 0. The van der Waals surface area contributed by atoms with Crippen LogP contribution in [0.1, 0.15) is 11.1 Å². The Morgan fingerprint density at radius 3 is 2.76 bits per heavy atom. The van der Waals surface area contributed by atoms with Crippen molar-refractivity contribution in [3.05, 3.63) is 52.3 Å². The van der Waals surface area contributed by atoms with E-state index in [1.165, 1.54) is 18.4 Å². The van der Waals surface area contributed by atoms with Crippen molar-refractivity contribution in [3.63, 3.8) is 0 Å². The average Bonchev–Trinajstić information content (AvgIpc) is 3.04. The lowest BCUT2D eigenvalue weighted by atomic mass is 10.1. The smallest absolute Gasteiger partial charge is 0.325 e. The first-order valence-corrected chi connectivity index (χ1v) is 9.92. The summed E-state index contributed by atoms with van der Waals surface area (Å²) in [6, 6.07) is 11.2. The van der Waals surface area contributed by atoms with Crippen molar-refractivity contribution in [3.8, 4) is 11.5 Å². The summed E-state index contributed by atoms with van der Waals surface area (Å²) in [7, 11) is 1.33. The Balaban J connectivity index is 1.75. The SMILES string of the molecule is COC(=O)Cn1c(=NC(=O)C2COc3ccccc3O2)sc2cc(C)cc(C)c21. The molecule has 2 aromatic carbocycles. The molecule has 4 rings (SSSR count). The number of esters is 1. The molecule has 1 atom stereocenters. The molecule has 1 aromatic heterocycles. The minimum absolute atomic E-state index is 0.0304. The second kappa shape index (κ2) is 7.71. The quantitative estimate of drug-likeness (QED) is 0.618. The number of rotatable bonds is 3. The van der Waals surface area contributed by atoms with E-state index in [0.717, 1.165) is 21.3 Å². The lowest BCUT2D eigenvalue weighted by Crippen LogP contribution is -2.37. The molecule has 0 N–H and O–H groups in total. The van der Waals surface area contributed by atoms with Crippen LogP contribution in [-0.2, 0) is 20.9 Å². The average molecular weight is 412 g/mol. The monoisotopic (exact) mass is 412 g/mol. The molecule has 0 bridgehead atoms. The van der Waals surface area contributed by atoms with Gasteiger partial charge < -0.3 is 18.8 Å². The molecule has 1 amide bonds. The fourth-order valence-electron chi connectivity index (χ4n) is 3.32. The third-order valence-corrected chi connectivity index (χ3v) is 5.64. The second-order valence-corrected chi connectivity index (χ2v) is 7.80. The van der Waals surface area contributed by atoms with Crippen LogP contribution in [0.4, 0.5) is 0 Å². The van der Waals surface area contributed by atoms with Crippen molar-refractivity contribution in [2.75, 3.05) is 13.7 Å². The van der Waals surface area contributed by atoms with Gasteiger partial charge in [-0.1, -0.05) is 29.5 Å². The highest BCUT2D eigenvalue weighted by Gasteiger charge is 2.27. The topological polar surface area (TPSA) is 79.1 Å². The number of nitrogens with zero attached hydrogens (tertiary/aromatic N) is 2. The van der Waals surface area contributed by atoms with Crippen LogP contribution in [0, 0.1) is 13.8 Å². The molecule has 0 saturated carbocycles. The minimum atomic E-state index is -0.843. The summed E-state index contributed by atoms with van der Waals surface area (Å²) in [4.78, 5) is 29.5. The normalized spacial score (nSPS) is 16.1. The van der Waals surface area contributed by atoms with E-state index < -0.39 is 18.0 Å². The molecule has 1 aliphatic rings. The van der Waals surface area contributed by atoms with Crippen LogP contribution >= 0.6 is 11.3 Å². The fraction of sp³-hybridized carbons (Fsp3) is 0.286. The first-order valence-electron chi connectivity index (χ1n) is 9.10. The highest BCUT2D eigenvalue weighted by atomic mass is 32.1. The molecule has 150 valence electrons. The Morgan fingerprint density at radius 1 is 1.24 bits per heavy atom. The lowest BCUT2D eigenvalue weighted by molar-refractivity contribution is -0.141. The highest BCUT2D eigenvalue weighted by Crippen LogP contribution is 2.31. The number of amides is 1. The highest BCUT2D eigenvalue weighted by molar-refractivity contribution is 7.16. The Morgan fingerprint density at radius 2 is 2.00 bits per heavy atom. The Hall–Kier alpha value is -3.13. The van der Waals surface area contributed by atoms with Gasteiger partial charge in [0.2, 0.25) is 6.10 Å². The zero-order valence-electron chi connectivity index (χ0n) is 16.3. The number of aromatic nitrogens is 1. The Bertz CT molecular complexity index is 1180. The number of hydrogen-bond acceptors (Lipinski definition) is 6. The molecule has 1 aliphatic heterocycles. The molecule has 29 heavy (non-hydrogen) atoms. The van der Waals surface area contributed by atoms with Gasteiger partial charge in [0.25, 0.3) is 5.91 Å². The summed E-state index contributed by atoms with van der Waals surface area (Å²) in [5.74, 6) is 0.242. The van der Waals surface area contributed by atoms with Crippen LogP contribution in [0.25, 0.3) is 10.2 Å². The predicted octanol–water partition coefficient (Wildman–Crippen LogP) is 2.76. The van der Waals surface area contributed by atoms with E-state index in [4.69, 9.17) is 14.2 Å². The molecular formula is C21H20N2O5S. The zero-order chi connectivity index (χ0) is 20.5. The van der Waals surface area contributed by atoms with Gasteiger partial charge in [-0.15, -0.1) is 0 Å². The summed E-state index contributed by atoms with van der Waals surface area (Å²) < 4.78 is 18.9. The lowest BCUT2D eigenvalue weighted by Gasteiger charge is -2.23. The van der Waals surface area contributed by atoms with Crippen molar-refractivity contribution in [2.24, 2.45) is 4.99 Å². The number of thiazole rings is 1. The molecule has 7 nitrogen and oxygen atoms in total. The van der Waals surface area contributed by atoms with Crippen molar-refractivity contribution in [2.45, 2.75) is 26.5 Å². The van der Waals surface area contributed by atoms with E-state index >= 15 is 0 Å². The largest absolute Gasteiger partial charge is 0.485 e. The van der Waals surface area contributed by atoms with Gasteiger partial charge in [-0.2, -0.15) is 4.99 Å². The molecule has 0 saturated heterocycles. The molecule has 0 radical (unpaired) electrons. The van der Waals surface area contributed by atoms with Crippen LogP contribution in [0.3, 0.4) is 0 Å². The number of fused-ring (bicyclic) bond motifs is 2. The van der Waals surface area contributed by atoms with E-state index in [0.29, 0.717) is 16.3 Å². The standard InChI is InChI=1S/C21H20N2O5S/c1-12-8-13(2)19-17(9-12)29-21(23(19)10-18(24)26-3)22-20(25)16-11-27-14-6-4-5-7-15(14)28-16/h4-9,16H,10-11H2,1-3H3. The van der Waals surface area contributed by atoms with Crippen molar-refractivity contribution in [1.29, 1.82) is 0 Å². The maximum Gasteiger partial charge on any atom is 0.325 e. The summed E-state index contributed by atoms with van der Waals surface area (Å²) in [5.41, 5.74) is 2.96. The van der Waals surface area contributed by atoms with Crippen molar-refractivity contribution >= 4 is 33.4 Å². The number of benzene rings is 2. The van der Waals surface area contributed by atoms with Crippen molar-refractivity contribution < 1.29 is 23.8 Å². The van der Waals surface area contributed by atoms with Gasteiger partial charge >= 0.3 is 5.97 Å². The van der Waals surface area contributed by atoms with Gasteiger partial charge in [-0.25, -0.2) is 0 Å². The molecule has 0 aliphatic carbocycles. The molecule has 0 fully saturated rings. The van der Waals surface area contributed by atoms with Crippen LogP contribution in [0.15, 0.2) is 41.4 Å². The summed E-state index contributed by atoms with van der Waals surface area (Å²) >= 11 is 1.35.